The number of anilines is 1. The zero-order chi connectivity index (χ0) is 19.1. The van der Waals surface area contributed by atoms with Crippen LogP contribution < -0.4 is 25.8 Å². The van der Waals surface area contributed by atoms with Crippen LogP contribution in [0, 0.1) is 0 Å². The standard InChI is InChI=1S/C19H21N3O4S/c20-8-3-9-21-19(24)14-4-1-2-5-17(14)27-11-18(23)22-13-6-7-15-16(10-13)26-12-25-15/h1-2,4-7,10H,3,8-9,11-12,20H2,(H,21,24)(H,22,23). The number of fused-ring (bicyclic) bond motifs is 1. The van der Waals surface area contributed by atoms with Gasteiger partial charge in [0.15, 0.2) is 11.5 Å². The molecule has 8 heteroatoms. The second-order valence-electron chi connectivity index (χ2n) is 5.80. The van der Waals surface area contributed by atoms with Gasteiger partial charge in [0.2, 0.25) is 12.7 Å². The summed E-state index contributed by atoms with van der Waals surface area (Å²) in [6.45, 7) is 1.24. The number of nitrogens with one attached hydrogen (secondary N) is 2. The van der Waals surface area contributed by atoms with E-state index in [2.05, 4.69) is 10.6 Å². The quantitative estimate of drug-likeness (QED) is 0.474. The lowest BCUT2D eigenvalue weighted by Gasteiger charge is -2.10. The highest BCUT2D eigenvalue weighted by atomic mass is 32.2. The Labute approximate surface area is 161 Å². The molecule has 0 unspecified atom stereocenters. The zero-order valence-corrected chi connectivity index (χ0v) is 15.5. The molecule has 7 nitrogen and oxygen atoms in total. The zero-order valence-electron chi connectivity index (χ0n) is 14.7. The van der Waals surface area contributed by atoms with Crippen LogP contribution in [0.2, 0.25) is 0 Å². The monoisotopic (exact) mass is 387 g/mol. The van der Waals surface area contributed by atoms with Crippen molar-refractivity contribution in [3.8, 4) is 11.5 Å². The highest BCUT2D eigenvalue weighted by Crippen LogP contribution is 2.34. The van der Waals surface area contributed by atoms with Crippen LogP contribution >= 0.6 is 11.8 Å². The van der Waals surface area contributed by atoms with Gasteiger partial charge in [0, 0.05) is 23.2 Å². The van der Waals surface area contributed by atoms with E-state index >= 15 is 0 Å². The number of ether oxygens (including phenoxy) is 2. The molecule has 0 bridgehead atoms. The summed E-state index contributed by atoms with van der Waals surface area (Å²) in [4.78, 5) is 25.3. The fourth-order valence-corrected chi connectivity index (χ4v) is 3.34. The summed E-state index contributed by atoms with van der Waals surface area (Å²) in [6.07, 6.45) is 0.721. The van der Waals surface area contributed by atoms with E-state index < -0.39 is 0 Å². The Morgan fingerprint density at radius 2 is 1.93 bits per heavy atom. The van der Waals surface area contributed by atoms with Crippen LogP contribution in [0.25, 0.3) is 0 Å². The van der Waals surface area contributed by atoms with Gasteiger partial charge in [-0.2, -0.15) is 0 Å². The van der Waals surface area contributed by atoms with Gasteiger partial charge in [-0.15, -0.1) is 11.8 Å². The second-order valence-corrected chi connectivity index (χ2v) is 6.82. The molecule has 1 aliphatic heterocycles. The fraction of sp³-hybridized carbons (Fsp3) is 0.263. The molecule has 0 aliphatic carbocycles. The Morgan fingerprint density at radius 1 is 1.11 bits per heavy atom. The van der Waals surface area contributed by atoms with Gasteiger partial charge in [-0.25, -0.2) is 0 Å². The Morgan fingerprint density at radius 3 is 2.78 bits per heavy atom. The van der Waals surface area contributed by atoms with Crippen LogP contribution in [0.4, 0.5) is 5.69 Å². The van der Waals surface area contributed by atoms with E-state index in [4.69, 9.17) is 15.2 Å². The molecular formula is C19H21N3O4S. The van der Waals surface area contributed by atoms with Crippen molar-refractivity contribution in [3.05, 3.63) is 48.0 Å². The Balaban J connectivity index is 1.56. The molecule has 0 saturated heterocycles. The Bertz CT molecular complexity index is 828. The molecule has 1 aliphatic rings. The minimum Gasteiger partial charge on any atom is -0.454 e. The van der Waals surface area contributed by atoms with Gasteiger partial charge >= 0.3 is 0 Å². The molecule has 2 aromatic carbocycles. The van der Waals surface area contributed by atoms with Crippen molar-refractivity contribution < 1.29 is 19.1 Å². The summed E-state index contributed by atoms with van der Waals surface area (Å²) in [5, 5.41) is 5.66. The van der Waals surface area contributed by atoms with E-state index in [1.807, 2.05) is 12.1 Å². The maximum atomic E-state index is 12.3. The van der Waals surface area contributed by atoms with Crippen LogP contribution in [0.5, 0.6) is 11.5 Å². The minimum atomic E-state index is -0.169. The van der Waals surface area contributed by atoms with Crippen LogP contribution in [-0.2, 0) is 4.79 Å². The summed E-state index contributed by atoms with van der Waals surface area (Å²) in [5.41, 5.74) is 6.63. The van der Waals surface area contributed by atoms with E-state index in [1.165, 1.54) is 11.8 Å². The van der Waals surface area contributed by atoms with Crippen molar-refractivity contribution in [2.75, 3.05) is 31.0 Å². The number of hydrogen-bond donors (Lipinski definition) is 3. The summed E-state index contributed by atoms with van der Waals surface area (Å²) < 4.78 is 10.6. The first-order valence-corrected chi connectivity index (χ1v) is 9.55. The summed E-state index contributed by atoms with van der Waals surface area (Å²) >= 11 is 1.31. The molecule has 0 aromatic heterocycles. The number of hydrogen-bond acceptors (Lipinski definition) is 6. The van der Waals surface area contributed by atoms with E-state index in [-0.39, 0.29) is 24.4 Å². The van der Waals surface area contributed by atoms with Gasteiger partial charge in [0.1, 0.15) is 0 Å². The minimum absolute atomic E-state index is 0.164. The third kappa shape index (κ3) is 5.15. The van der Waals surface area contributed by atoms with Crippen LogP contribution in [0.1, 0.15) is 16.8 Å². The van der Waals surface area contributed by atoms with Gasteiger partial charge in [-0.05, 0) is 37.2 Å². The molecule has 27 heavy (non-hydrogen) atoms. The van der Waals surface area contributed by atoms with Gasteiger partial charge in [0.05, 0.1) is 11.3 Å². The van der Waals surface area contributed by atoms with Gasteiger partial charge in [-0.3, -0.25) is 9.59 Å². The lowest BCUT2D eigenvalue weighted by molar-refractivity contribution is -0.113. The normalized spacial score (nSPS) is 11.9. The predicted molar refractivity (Wildman–Crippen MR) is 104 cm³/mol. The number of thioether (sulfide) groups is 1. The van der Waals surface area contributed by atoms with Crippen molar-refractivity contribution >= 4 is 29.3 Å². The lowest BCUT2D eigenvalue weighted by Crippen LogP contribution is -2.26. The van der Waals surface area contributed by atoms with Crippen LogP contribution in [0.3, 0.4) is 0 Å². The first kappa shape index (κ1) is 19.1. The highest BCUT2D eigenvalue weighted by Gasteiger charge is 2.15. The molecule has 3 rings (SSSR count). The van der Waals surface area contributed by atoms with E-state index in [0.29, 0.717) is 35.8 Å². The number of amides is 2. The van der Waals surface area contributed by atoms with Crippen LogP contribution in [-0.4, -0.2) is 37.4 Å². The third-order valence-electron chi connectivity index (χ3n) is 3.81. The first-order valence-electron chi connectivity index (χ1n) is 8.57. The molecule has 0 fully saturated rings. The molecule has 4 N–H and O–H groups in total. The average Bonchev–Trinajstić information content (AvgIpc) is 3.14. The lowest BCUT2D eigenvalue weighted by atomic mass is 10.2. The van der Waals surface area contributed by atoms with Crippen molar-refractivity contribution in [1.82, 2.24) is 5.32 Å². The number of carbonyl (C=O) groups is 2. The first-order chi connectivity index (χ1) is 13.2. The molecule has 0 saturated carbocycles. The van der Waals surface area contributed by atoms with Gasteiger partial charge in [0.25, 0.3) is 5.91 Å². The number of benzene rings is 2. The smallest absolute Gasteiger partial charge is 0.252 e. The van der Waals surface area contributed by atoms with E-state index in [0.717, 1.165) is 11.3 Å². The van der Waals surface area contributed by atoms with Crippen molar-refractivity contribution in [3.63, 3.8) is 0 Å². The highest BCUT2D eigenvalue weighted by molar-refractivity contribution is 8.00. The summed E-state index contributed by atoms with van der Waals surface area (Å²) in [7, 11) is 0. The number of rotatable bonds is 8. The average molecular weight is 387 g/mol. The fourth-order valence-electron chi connectivity index (χ4n) is 2.49. The molecular weight excluding hydrogens is 366 g/mol. The maximum absolute atomic E-state index is 12.3. The number of nitrogens with two attached hydrogens (primary N) is 1. The van der Waals surface area contributed by atoms with Gasteiger partial charge in [-0.1, -0.05) is 12.1 Å². The molecule has 2 amide bonds. The predicted octanol–water partition coefficient (Wildman–Crippen LogP) is 2.22. The summed E-state index contributed by atoms with van der Waals surface area (Å²) in [5.74, 6) is 1.12. The molecule has 142 valence electrons. The SMILES string of the molecule is NCCCNC(=O)c1ccccc1SCC(=O)Nc1ccc2c(c1)OCO2. The van der Waals surface area contributed by atoms with Crippen molar-refractivity contribution in [2.45, 2.75) is 11.3 Å². The largest absolute Gasteiger partial charge is 0.454 e. The summed E-state index contributed by atoms with van der Waals surface area (Å²) in [6, 6.07) is 12.5. The van der Waals surface area contributed by atoms with Crippen LogP contribution in [0.15, 0.2) is 47.4 Å². The molecule has 2 aromatic rings. The third-order valence-corrected chi connectivity index (χ3v) is 4.89. The Hall–Kier alpha value is -2.71. The second kappa shape index (κ2) is 9.29. The molecule has 0 atom stereocenters. The number of carbonyl (C=O) groups excluding carboxylic acids is 2. The Kier molecular flexibility index (Phi) is 6.56. The molecule has 0 spiro atoms. The van der Waals surface area contributed by atoms with E-state index in [9.17, 15) is 9.59 Å². The maximum Gasteiger partial charge on any atom is 0.252 e. The molecule has 1 heterocycles. The molecule has 0 radical (unpaired) electrons. The van der Waals surface area contributed by atoms with Crippen molar-refractivity contribution in [2.24, 2.45) is 5.73 Å². The van der Waals surface area contributed by atoms with Crippen molar-refractivity contribution in [1.29, 1.82) is 0 Å². The van der Waals surface area contributed by atoms with Gasteiger partial charge < -0.3 is 25.8 Å². The topological polar surface area (TPSA) is 103 Å². The van der Waals surface area contributed by atoms with E-state index in [1.54, 1.807) is 30.3 Å².